The number of rotatable bonds is 4. The molecule has 3 fully saturated rings. The van der Waals surface area contributed by atoms with Gasteiger partial charge < -0.3 is 9.80 Å². The number of nitrogens with one attached hydrogen (secondary N) is 2. The number of carbonyl (C=O) groups excluding carboxylic acids is 3. The topological polar surface area (TPSA) is 85.0 Å². The van der Waals surface area contributed by atoms with E-state index in [0.29, 0.717) is 5.75 Å². The Labute approximate surface area is 181 Å². The smallest absolute Gasteiger partial charge is 0.327 e. The molecule has 4 atom stereocenters. The number of likely N-dealkylation sites (tertiary alicyclic amines) is 1. The van der Waals surface area contributed by atoms with Gasteiger partial charge in [-0.3, -0.25) is 25.1 Å². The molecule has 162 valence electrons. The van der Waals surface area contributed by atoms with E-state index in [1.165, 1.54) is 30.1 Å². The van der Waals surface area contributed by atoms with Gasteiger partial charge in [0, 0.05) is 27.2 Å². The molecule has 3 aliphatic rings. The highest BCUT2D eigenvalue weighted by atomic mass is 32.2. The van der Waals surface area contributed by atoms with Crippen molar-refractivity contribution in [1.29, 1.82) is 0 Å². The van der Waals surface area contributed by atoms with E-state index in [1.54, 1.807) is 11.9 Å². The fourth-order valence-corrected chi connectivity index (χ4v) is 5.64. The molecule has 0 bridgehead atoms. The lowest BCUT2D eigenvalue weighted by Gasteiger charge is -2.50. The van der Waals surface area contributed by atoms with Gasteiger partial charge in [-0.05, 0) is 24.8 Å². The number of urea groups is 1. The summed E-state index contributed by atoms with van der Waals surface area (Å²) in [6, 6.07) is 9.56. The van der Waals surface area contributed by atoms with Gasteiger partial charge in [0.25, 0.3) is 0 Å². The van der Waals surface area contributed by atoms with Crippen molar-refractivity contribution in [2.24, 2.45) is 5.92 Å². The van der Waals surface area contributed by atoms with Crippen LogP contribution in [0.2, 0.25) is 0 Å². The van der Waals surface area contributed by atoms with Crippen LogP contribution in [0.3, 0.4) is 0 Å². The first-order chi connectivity index (χ1) is 14.5. The first kappa shape index (κ1) is 21.1. The number of fused-ring (bicyclic) bond motifs is 1. The molecule has 3 saturated heterocycles. The van der Waals surface area contributed by atoms with Crippen molar-refractivity contribution in [1.82, 2.24) is 25.3 Å². The highest BCUT2D eigenvalue weighted by molar-refractivity contribution is 8.00. The number of nitrogens with zero attached hydrogens (tertiary/aromatic N) is 3. The summed E-state index contributed by atoms with van der Waals surface area (Å²) in [6.07, 6.45) is 2.63. The van der Waals surface area contributed by atoms with Gasteiger partial charge in [-0.25, -0.2) is 4.79 Å². The molecule has 9 heteroatoms. The van der Waals surface area contributed by atoms with Crippen LogP contribution in [0.1, 0.15) is 31.0 Å². The standard InChI is InChI=1S/C21H29N5O3S/c1-24-18-16(20(28)25(2)21(24)29)19(23-17(22-18)14-9-5-3-6-10-14)30-13-15(27)26-11-7-4-8-12-26/h3,5-6,9-10,16-19,22-23H,4,7-8,11-13H2,1-2H3. The van der Waals surface area contributed by atoms with Crippen molar-refractivity contribution in [3.05, 3.63) is 35.9 Å². The second-order valence-corrected chi connectivity index (χ2v) is 9.24. The molecule has 0 saturated carbocycles. The van der Waals surface area contributed by atoms with Crippen molar-refractivity contribution in [3.63, 3.8) is 0 Å². The van der Waals surface area contributed by atoms with Gasteiger partial charge in [0.05, 0.1) is 29.4 Å². The van der Waals surface area contributed by atoms with Crippen molar-refractivity contribution in [3.8, 4) is 0 Å². The quantitative estimate of drug-likeness (QED) is 0.750. The Bertz CT molecular complexity index is 801. The van der Waals surface area contributed by atoms with E-state index in [4.69, 9.17) is 0 Å². The average Bonchev–Trinajstić information content (AvgIpc) is 2.80. The fourth-order valence-electron chi connectivity index (χ4n) is 4.43. The van der Waals surface area contributed by atoms with Crippen molar-refractivity contribution < 1.29 is 14.4 Å². The van der Waals surface area contributed by atoms with Crippen molar-refractivity contribution in [2.45, 2.75) is 37.0 Å². The zero-order chi connectivity index (χ0) is 21.3. The van der Waals surface area contributed by atoms with Crippen LogP contribution in [0.4, 0.5) is 4.79 Å². The van der Waals surface area contributed by atoms with Gasteiger partial charge in [-0.2, -0.15) is 0 Å². The molecular weight excluding hydrogens is 402 g/mol. The normalized spacial score (nSPS) is 29.7. The predicted molar refractivity (Wildman–Crippen MR) is 115 cm³/mol. The minimum Gasteiger partial charge on any atom is -0.342 e. The SMILES string of the molecule is CN1C(=O)C2C(SCC(=O)N3CCCCC3)NC(c3ccccc3)NC2N(C)C1=O. The number of carbonyl (C=O) groups is 3. The number of benzene rings is 1. The number of hydrogen-bond acceptors (Lipinski definition) is 6. The molecule has 2 N–H and O–H groups in total. The summed E-state index contributed by atoms with van der Waals surface area (Å²) in [5.74, 6) is -0.264. The Morgan fingerprint density at radius 3 is 2.47 bits per heavy atom. The second kappa shape index (κ2) is 8.95. The fraction of sp³-hybridized carbons (Fsp3) is 0.571. The molecule has 0 spiro atoms. The van der Waals surface area contributed by atoms with Crippen LogP contribution >= 0.6 is 11.8 Å². The van der Waals surface area contributed by atoms with E-state index in [9.17, 15) is 14.4 Å². The van der Waals surface area contributed by atoms with Crippen LogP contribution in [0.15, 0.2) is 30.3 Å². The third-order valence-corrected chi connectivity index (χ3v) is 7.39. The van der Waals surface area contributed by atoms with Gasteiger partial charge in [0.1, 0.15) is 0 Å². The molecule has 3 heterocycles. The molecule has 4 unspecified atom stereocenters. The molecule has 3 aliphatic heterocycles. The first-order valence-corrected chi connectivity index (χ1v) is 11.5. The minimum atomic E-state index is -0.475. The predicted octanol–water partition coefficient (Wildman–Crippen LogP) is 1.42. The summed E-state index contributed by atoms with van der Waals surface area (Å²) in [5.41, 5.74) is 1.02. The number of thioether (sulfide) groups is 1. The summed E-state index contributed by atoms with van der Waals surface area (Å²) in [4.78, 5) is 42.9. The van der Waals surface area contributed by atoms with Gasteiger partial charge in [-0.1, -0.05) is 30.3 Å². The highest BCUT2D eigenvalue weighted by Crippen LogP contribution is 2.34. The average molecular weight is 432 g/mol. The lowest BCUT2D eigenvalue weighted by Crippen LogP contribution is -2.72. The molecule has 0 radical (unpaired) electrons. The number of imide groups is 1. The third-order valence-electron chi connectivity index (χ3n) is 6.18. The maximum absolute atomic E-state index is 13.0. The Morgan fingerprint density at radius 2 is 1.77 bits per heavy atom. The van der Waals surface area contributed by atoms with Crippen LogP contribution in [-0.2, 0) is 9.59 Å². The number of hydrogen-bond donors (Lipinski definition) is 2. The summed E-state index contributed by atoms with van der Waals surface area (Å²) in [6.45, 7) is 1.63. The molecule has 30 heavy (non-hydrogen) atoms. The Morgan fingerprint density at radius 1 is 1.07 bits per heavy atom. The van der Waals surface area contributed by atoms with Crippen LogP contribution in [-0.4, -0.2) is 77.0 Å². The second-order valence-electron chi connectivity index (χ2n) is 8.11. The summed E-state index contributed by atoms with van der Waals surface area (Å²) >= 11 is 1.46. The zero-order valence-electron chi connectivity index (χ0n) is 17.4. The van der Waals surface area contributed by atoms with Crippen LogP contribution in [0.25, 0.3) is 0 Å². The van der Waals surface area contributed by atoms with Gasteiger partial charge in [0.2, 0.25) is 11.8 Å². The lowest BCUT2D eigenvalue weighted by atomic mass is 9.96. The van der Waals surface area contributed by atoms with E-state index in [-0.39, 0.29) is 29.4 Å². The zero-order valence-corrected chi connectivity index (χ0v) is 18.2. The van der Waals surface area contributed by atoms with E-state index in [2.05, 4.69) is 10.6 Å². The summed E-state index contributed by atoms with van der Waals surface area (Å²) in [5, 5.41) is 6.64. The van der Waals surface area contributed by atoms with Gasteiger partial charge in [-0.15, -0.1) is 11.8 Å². The molecule has 0 aliphatic carbocycles. The highest BCUT2D eigenvalue weighted by Gasteiger charge is 2.51. The maximum Gasteiger partial charge on any atom is 0.327 e. The summed E-state index contributed by atoms with van der Waals surface area (Å²) < 4.78 is 0. The van der Waals surface area contributed by atoms with E-state index in [0.717, 1.165) is 31.5 Å². The van der Waals surface area contributed by atoms with Crippen LogP contribution < -0.4 is 10.6 Å². The monoisotopic (exact) mass is 431 g/mol. The first-order valence-electron chi connectivity index (χ1n) is 10.5. The molecule has 4 amide bonds. The van der Waals surface area contributed by atoms with E-state index >= 15 is 0 Å². The molecule has 1 aromatic carbocycles. The Hall–Kier alpha value is -2.10. The number of piperidine rings is 1. The van der Waals surface area contributed by atoms with Crippen molar-refractivity contribution >= 4 is 29.6 Å². The Kier molecular flexibility index (Phi) is 6.31. The number of amides is 4. The lowest BCUT2D eigenvalue weighted by molar-refractivity contribution is -0.140. The molecule has 8 nitrogen and oxygen atoms in total. The Balaban J connectivity index is 1.54. The van der Waals surface area contributed by atoms with Crippen LogP contribution in [0, 0.1) is 5.92 Å². The van der Waals surface area contributed by atoms with Crippen molar-refractivity contribution in [2.75, 3.05) is 32.9 Å². The van der Waals surface area contributed by atoms with Gasteiger partial charge in [0.15, 0.2) is 0 Å². The van der Waals surface area contributed by atoms with Crippen LogP contribution in [0.5, 0.6) is 0 Å². The van der Waals surface area contributed by atoms with E-state index in [1.807, 2.05) is 35.2 Å². The maximum atomic E-state index is 13.0. The largest absolute Gasteiger partial charge is 0.342 e. The summed E-state index contributed by atoms with van der Waals surface area (Å²) in [7, 11) is 3.23. The third kappa shape index (κ3) is 4.06. The molecule has 0 aromatic heterocycles. The molecule has 4 rings (SSSR count). The molecule has 1 aromatic rings. The molecular formula is C21H29N5O3S. The minimum absolute atomic E-state index is 0.119. The van der Waals surface area contributed by atoms with Gasteiger partial charge >= 0.3 is 6.03 Å². The van der Waals surface area contributed by atoms with E-state index < -0.39 is 12.1 Å².